The molecule has 0 fully saturated rings. The summed E-state index contributed by atoms with van der Waals surface area (Å²) in [6, 6.07) is 13.0. The van der Waals surface area contributed by atoms with Crippen molar-refractivity contribution in [3.05, 3.63) is 64.1 Å². The predicted octanol–water partition coefficient (Wildman–Crippen LogP) is 3.47. The number of hydrogen-bond acceptors (Lipinski definition) is 2. The predicted molar refractivity (Wildman–Crippen MR) is 76.9 cm³/mol. The summed E-state index contributed by atoms with van der Waals surface area (Å²) >= 11 is 11.6. The largest absolute Gasteiger partial charge is 0.240 e. The van der Waals surface area contributed by atoms with E-state index in [9.17, 15) is 8.42 Å². The molecule has 0 aliphatic carbocycles. The maximum atomic E-state index is 12.0. The van der Waals surface area contributed by atoms with Crippen LogP contribution in [-0.2, 0) is 16.6 Å². The molecular formula is C13H11Cl2NO2S. The zero-order valence-corrected chi connectivity index (χ0v) is 12.1. The van der Waals surface area contributed by atoms with Crippen LogP contribution in [0.2, 0.25) is 10.0 Å². The van der Waals surface area contributed by atoms with Crippen LogP contribution in [0.15, 0.2) is 53.4 Å². The fourth-order valence-electron chi connectivity index (χ4n) is 1.52. The lowest BCUT2D eigenvalue weighted by Gasteiger charge is -2.07. The maximum Gasteiger partial charge on any atom is 0.240 e. The van der Waals surface area contributed by atoms with E-state index < -0.39 is 10.0 Å². The summed E-state index contributed by atoms with van der Waals surface area (Å²) < 4.78 is 26.5. The van der Waals surface area contributed by atoms with Gasteiger partial charge in [-0.15, -0.1) is 0 Å². The minimum atomic E-state index is -3.54. The monoisotopic (exact) mass is 315 g/mol. The molecule has 100 valence electrons. The van der Waals surface area contributed by atoms with Gasteiger partial charge in [-0.2, -0.15) is 0 Å². The second kappa shape index (κ2) is 5.92. The average molecular weight is 316 g/mol. The van der Waals surface area contributed by atoms with E-state index in [0.717, 1.165) is 5.56 Å². The molecule has 3 nitrogen and oxygen atoms in total. The Labute approximate surface area is 122 Å². The Morgan fingerprint density at radius 3 is 2.26 bits per heavy atom. The molecule has 2 rings (SSSR count). The Bertz CT molecular complexity index is 669. The molecule has 2 aromatic rings. The molecule has 0 heterocycles. The van der Waals surface area contributed by atoms with Crippen LogP contribution < -0.4 is 4.72 Å². The van der Waals surface area contributed by atoms with Gasteiger partial charge < -0.3 is 0 Å². The Hall–Kier alpha value is -1.07. The third kappa shape index (κ3) is 3.94. The molecule has 0 aromatic heterocycles. The molecule has 0 saturated carbocycles. The van der Waals surface area contributed by atoms with Crippen LogP contribution >= 0.6 is 23.2 Å². The molecule has 2 aromatic carbocycles. The van der Waals surface area contributed by atoms with E-state index in [0.29, 0.717) is 10.0 Å². The standard InChI is InChI=1S/C13H11Cl2NO2S/c14-11-4-6-13(7-5-11)19(17,18)16-9-10-2-1-3-12(15)8-10/h1-8,16H,9H2. The van der Waals surface area contributed by atoms with Crippen molar-refractivity contribution in [2.45, 2.75) is 11.4 Å². The highest BCUT2D eigenvalue weighted by Gasteiger charge is 2.13. The Kier molecular flexibility index (Phi) is 4.47. The van der Waals surface area contributed by atoms with Gasteiger partial charge in [0.25, 0.3) is 0 Å². The van der Waals surface area contributed by atoms with Crippen molar-refractivity contribution >= 4 is 33.2 Å². The number of benzene rings is 2. The van der Waals surface area contributed by atoms with Gasteiger partial charge in [0, 0.05) is 16.6 Å². The normalized spacial score (nSPS) is 11.5. The summed E-state index contributed by atoms with van der Waals surface area (Å²) in [7, 11) is -3.54. The highest BCUT2D eigenvalue weighted by molar-refractivity contribution is 7.89. The molecule has 1 N–H and O–H groups in total. The molecule has 0 spiro atoms. The molecule has 0 atom stereocenters. The molecule has 0 unspecified atom stereocenters. The van der Waals surface area contributed by atoms with Gasteiger partial charge in [0.1, 0.15) is 0 Å². The van der Waals surface area contributed by atoms with E-state index >= 15 is 0 Å². The van der Waals surface area contributed by atoms with E-state index in [-0.39, 0.29) is 11.4 Å². The molecule has 0 aliphatic rings. The molecule has 0 bridgehead atoms. The van der Waals surface area contributed by atoms with E-state index in [1.54, 1.807) is 24.3 Å². The van der Waals surface area contributed by atoms with Crippen LogP contribution in [0.1, 0.15) is 5.56 Å². The second-order valence-electron chi connectivity index (χ2n) is 3.91. The lowest BCUT2D eigenvalue weighted by molar-refractivity contribution is 0.581. The third-order valence-corrected chi connectivity index (χ3v) is 4.38. The molecule has 0 saturated heterocycles. The van der Waals surface area contributed by atoms with Crippen LogP contribution in [0, 0.1) is 0 Å². The molecular weight excluding hydrogens is 305 g/mol. The summed E-state index contributed by atoms with van der Waals surface area (Å²) in [6.07, 6.45) is 0. The topological polar surface area (TPSA) is 46.2 Å². The first-order valence-electron chi connectivity index (χ1n) is 5.47. The van der Waals surface area contributed by atoms with Crippen molar-refractivity contribution in [1.29, 1.82) is 0 Å². The fraction of sp³-hybridized carbons (Fsp3) is 0.0769. The maximum absolute atomic E-state index is 12.0. The molecule has 6 heteroatoms. The summed E-state index contributed by atoms with van der Waals surface area (Å²) in [5.41, 5.74) is 0.796. The summed E-state index contributed by atoms with van der Waals surface area (Å²) in [6.45, 7) is 0.186. The highest BCUT2D eigenvalue weighted by atomic mass is 35.5. The SMILES string of the molecule is O=S(=O)(NCc1cccc(Cl)c1)c1ccc(Cl)cc1. The lowest BCUT2D eigenvalue weighted by Crippen LogP contribution is -2.23. The molecule has 0 radical (unpaired) electrons. The third-order valence-electron chi connectivity index (χ3n) is 2.48. The average Bonchev–Trinajstić information content (AvgIpc) is 2.37. The number of rotatable bonds is 4. The Morgan fingerprint density at radius 1 is 0.947 bits per heavy atom. The minimum Gasteiger partial charge on any atom is -0.207 e. The van der Waals surface area contributed by atoms with Crippen molar-refractivity contribution < 1.29 is 8.42 Å². The van der Waals surface area contributed by atoms with Crippen LogP contribution in [-0.4, -0.2) is 8.42 Å². The van der Waals surface area contributed by atoms with Gasteiger partial charge in [-0.05, 0) is 42.0 Å². The van der Waals surface area contributed by atoms with E-state index in [1.807, 2.05) is 0 Å². The zero-order chi connectivity index (χ0) is 13.9. The summed E-state index contributed by atoms with van der Waals surface area (Å²) in [4.78, 5) is 0.180. The van der Waals surface area contributed by atoms with E-state index in [4.69, 9.17) is 23.2 Å². The van der Waals surface area contributed by atoms with E-state index in [1.165, 1.54) is 24.3 Å². The number of hydrogen-bond donors (Lipinski definition) is 1. The Morgan fingerprint density at radius 2 is 1.63 bits per heavy atom. The number of nitrogens with one attached hydrogen (secondary N) is 1. The molecule has 0 aliphatic heterocycles. The van der Waals surface area contributed by atoms with Gasteiger partial charge in [0.2, 0.25) is 10.0 Å². The van der Waals surface area contributed by atoms with Crippen molar-refractivity contribution in [2.24, 2.45) is 0 Å². The summed E-state index contributed by atoms with van der Waals surface area (Å²) in [5.74, 6) is 0. The van der Waals surface area contributed by atoms with Gasteiger partial charge in [-0.25, -0.2) is 13.1 Å². The van der Waals surface area contributed by atoms with Gasteiger partial charge in [0.05, 0.1) is 4.90 Å². The fourth-order valence-corrected chi connectivity index (χ4v) is 2.88. The second-order valence-corrected chi connectivity index (χ2v) is 6.55. The Balaban J connectivity index is 2.12. The summed E-state index contributed by atoms with van der Waals surface area (Å²) in [5, 5.41) is 1.07. The number of sulfonamides is 1. The first-order valence-corrected chi connectivity index (χ1v) is 7.71. The molecule has 0 amide bonds. The minimum absolute atomic E-state index is 0.180. The first-order chi connectivity index (χ1) is 8.97. The van der Waals surface area contributed by atoms with Crippen LogP contribution in [0.25, 0.3) is 0 Å². The van der Waals surface area contributed by atoms with Crippen molar-refractivity contribution in [3.8, 4) is 0 Å². The van der Waals surface area contributed by atoms with Crippen LogP contribution in [0.5, 0.6) is 0 Å². The van der Waals surface area contributed by atoms with Crippen molar-refractivity contribution in [3.63, 3.8) is 0 Å². The van der Waals surface area contributed by atoms with Gasteiger partial charge in [-0.3, -0.25) is 0 Å². The quantitative estimate of drug-likeness (QED) is 0.939. The number of halogens is 2. The first kappa shape index (κ1) is 14.3. The zero-order valence-electron chi connectivity index (χ0n) is 9.81. The molecule has 19 heavy (non-hydrogen) atoms. The highest BCUT2D eigenvalue weighted by Crippen LogP contribution is 2.15. The van der Waals surface area contributed by atoms with Gasteiger partial charge in [0.15, 0.2) is 0 Å². The van der Waals surface area contributed by atoms with E-state index in [2.05, 4.69) is 4.72 Å². The van der Waals surface area contributed by atoms with Gasteiger partial charge in [-0.1, -0.05) is 35.3 Å². The smallest absolute Gasteiger partial charge is 0.207 e. The van der Waals surface area contributed by atoms with Gasteiger partial charge >= 0.3 is 0 Å². The lowest BCUT2D eigenvalue weighted by atomic mass is 10.2. The van der Waals surface area contributed by atoms with Crippen LogP contribution in [0.4, 0.5) is 0 Å². The van der Waals surface area contributed by atoms with Crippen LogP contribution in [0.3, 0.4) is 0 Å². The van der Waals surface area contributed by atoms with Crippen molar-refractivity contribution in [1.82, 2.24) is 4.72 Å². The van der Waals surface area contributed by atoms with Crippen molar-refractivity contribution in [2.75, 3.05) is 0 Å².